The zero-order valence-corrected chi connectivity index (χ0v) is 16.2. The lowest BCUT2D eigenvalue weighted by Crippen LogP contribution is -2.43. The first-order valence-electron chi connectivity index (χ1n) is 8.54. The molecule has 132 valence electrons. The minimum atomic E-state index is 0.559. The minimum Gasteiger partial charge on any atom is -0.295 e. The summed E-state index contributed by atoms with van der Waals surface area (Å²) in [7, 11) is 0. The highest BCUT2D eigenvalue weighted by molar-refractivity contribution is 6.42. The first-order chi connectivity index (χ1) is 12.0. The number of hydrazone groups is 1. The fourth-order valence-electron chi connectivity index (χ4n) is 3.02. The highest BCUT2D eigenvalue weighted by Gasteiger charge is 2.16. The van der Waals surface area contributed by atoms with E-state index in [0.29, 0.717) is 10.0 Å². The molecule has 2 aromatic rings. The largest absolute Gasteiger partial charge is 0.295 e. The van der Waals surface area contributed by atoms with E-state index in [-0.39, 0.29) is 0 Å². The predicted octanol–water partition coefficient (Wildman–Crippen LogP) is 4.76. The van der Waals surface area contributed by atoms with Crippen molar-refractivity contribution in [3.05, 3.63) is 68.7 Å². The molecule has 0 spiro atoms. The molecule has 0 amide bonds. The van der Waals surface area contributed by atoms with Crippen LogP contribution in [0.2, 0.25) is 10.0 Å². The molecule has 2 aromatic carbocycles. The van der Waals surface area contributed by atoms with Crippen LogP contribution in [0.3, 0.4) is 0 Å². The van der Waals surface area contributed by atoms with Gasteiger partial charge in [-0.1, -0.05) is 53.0 Å². The number of piperazine rings is 1. The lowest BCUT2D eigenvalue weighted by molar-refractivity contribution is 0.131. The Balaban J connectivity index is 1.53. The van der Waals surface area contributed by atoms with Crippen molar-refractivity contribution in [2.45, 2.75) is 20.4 Å². The number of aryl methyl sites for hydroxylation is 2. The third-order valence-corrected chi connectivity index (χ3v) is 5.29. The van der Waals surface area contributed by atoms with Crippen LogP contribution in [0.5, 0.6) is 0 Å². The average Bonchev–Trinajstić information content (AvgIpc) is 2.60. The van der Waals surface area contributed by atoms with Crippen LogP contribution in [0.15, 0.2) is 41.5 Å². The smallest absolute Gasteiger partial charge is 0.0598 e. The van der Waals surface area contributed by atoms with Crippen molar-refractivity contribution in [2.24, 2.45) is 5.10 Å². The van der Waals surface area contributed by atoms with Crippen LogP contribution in [0, 0.1) is 13.8 Å². The molecular weight excluding hydrogens is 353 g/mol. The fourth-order valence-corrected chi connectivity index (χ4v) is 3.32. The van der Waals surface area contributed by atoms with Crippen molar-refractivity contribution in [2.75, 3.05) is 26.2 Å². The van der Waals surface area contributed by atoms with E-state index in [1.54, 1.807) is 6.07 Å². The Labute approximate surface area is 159 Å². The first kappa shape index (κ1) is 18.2. The van der Waals surface area contributed by atoms with Crippen molar-refractivity contribution in [3.8, 4) is 0 Å². The molecule has 0 atom stereocenters. The van der Waals surface area contributed by atoms with Crippen molar-refractivity contribution < 1.29 is 0 Å². The van der Waals surface area contributed by atoms with Crippen LogP contribution in [0.1, 0.15) is 22.3 Å². The number of hydrogen-bond donors (Lipinski definition) is 0. The molecule has 5 heteroatoms. The second-order valence-electron chi connectivity index (χ2n) is 6.58. The van der Waals surface area contributed by atoms with E-state index in [2.05, 4.69) is 47.1 Å². The standard InChI is InChI=1S/C20H23Cl2N3/c1-15-3-5-18(16(2)11-15)14-24-7-9-25(10-8-24)23-13-17-4-6-19(21)20(22)12-17/h3-6,11-13H,7-10,14H2,1-2H3. The summed E-state index contributed by atoms with van der Waals surface area (Å²) in [4.78, 5) is 2.49. The topological polar surface area (TPSA) is 18.8 Å². The zero-order chi connectivity index (χ0) is 17.8. The van der Waals surface area contributed by atoms with E-state index in [9.17, 15) is 0 Å². The highest BCUT2D eigenvalue weighted by Crippen LogP contribution is 2.22. The van der Waals surface area contributed by atoms with Crippen LogP contribution < -0.4 is 0 Å². The Morgan fingerprint density at radius 2 is 1.72 bits per heavy atom. The van der Waals surface area contributed by atoms with Gasteiger partial charge in [0.1, 0.15) is 0 Å². The summed E-state index contributed by atoms with van der Waals surface area (Å²) < 4.78 is 0. The third-order valence-electron chi connectivity index (χ3n) is 4.55. The van der Waals surface area contributed by atoms with Gasteiger partial charge in [0.2, 0.25) is 0 Å². The van der Waals surface area contributed by atoms with Crippen molar-refractivity contribution in [1.29, 1.82) is 0 Å². The van der Waals surface area contributed by atoms with Gasteiger partial charge in [-0.3, -0.25) is 9.91 Å². The molecule has 0 radical (unpaired) electrons. The van der Waals surface area contributed by atoms with Crippen molar-refractivity contribution in [1.82, 2.24) is 9.91 Å². The number of rotatable bonds is 4. The van der Waals surface area contributed by atoms with Crippen LogP contribution in [-0.4, -0.2) is 42.3 Å². The maximum absolute atomic E-state index is 6.04. The van der Waals surface area contributed by atoms with E-state index in [1.165, 1.54) is 16.7 Å². The van der Waals surface area contributed by atoms with Gasteiger partial charge in [-0.2, -0.15) is 5.10 Å². The Kier molecular flexibility index (Phi) is 6.00. The molecule has 1 heterocycles. The SMILES string of the molecule is Cc1ccc(CN2CCN(N=Cc3ccc(Cl)c(Cl)c3)CC2)c(C)c1. The van der Waals surface area contributed by atoms with E-state index in [0.717, 1.165) is 38.3 Å². The maximum Gasteiger partial charge on any atom is 0.0598 e. The molecule has 1 fully saturated rings. The predicted molar refractivity (Wildman–Crippen MR) is 107 cm³/mol. The van der Waals surface area contributed by atoms with Crippen LogP contribution in [0.4, 0.5) is 0 Å². The molecule has 3 nitrogen and oxygen atoms in total. The van der Waals surface area contributed by atoms with Gasteiger partial charge >= 0.3 is 0 Å². The highest BCUT2D eigenvalue weighted by atomic mass is 35.5. The van der Waals surface area contributed by atoms with Crippen LogP contribution >= 0.6 is 23.2 Å². The average molecular weight is 376 g/mol. The van der Waals surface area contributed by atoms with Crippen molar-refractivity contribution in [3.63, 3.8) is 0 Å². The van der Waals surface area contributed by atoms with Crippen LogP contribution in [-0.2, 0) is 6.54 Å². The van der Waals surface area contributed by atoms with Crippen LogP contribution in [0.25, 0.3) is 0 Å². The van der Waals surface area contributed by atoms with E-state index in [1.807, 2.05) is 18.3 Å². The third kappa shape index (κ3) is 4.97. The molecule has 25 heavy (non-hydrogen) atoms. The van der Waals surface area contributed by atoms with Gasteiger partial charge in [-0.25, -0.2) is 0 Å². The zero-order valence-electron chi connectivity index (χ0n) is 14.7. The molecular formula is C20H23Cl2N3. The van der Waals surface area contributed by atoms with E-state index >= 15 is 0 Å². The molecule has 0 N–H and O–H groups in total. The summed E-state index contributed by atoms with van der Waals surface area (Å²) in [5.41, 5.74) is 5.08. The normalized spacial score (nSPS) is 15.9. The Hall–Kier alpha value is -1.55. The summed E-state index contributed by atoms with van der Waals surface area (Å²) in [6.45, 7) is 9.25. The minimum absolute atomic E-state index is 0.559. The van der Waals surface area contributed by atoms with E-state index in [4.69, 9.17) is 23.2 Å². The monoisotopic (exact) mass is 375 g/mol. The lowest BCUT2D eigenvalue weighted by atomic mass is 10.1. The number of benzene rings is 2. The Morgan fingerprint density at radius 1 is 0.960 bits per heavy atom. The maximum atomic E-state index is 6.04. The molecule has 0 bridgehead atoms. The van der Waals surface area contributed by atoms with Gasteiger partial charge in [0.25, 0.3) is 0 Å². The molecule has 0 aromatic heterocycles. The Bertz CT molecular complexity index is 766. The second-order valence-corrected chi connectivity index (χ2v) is 7.39. The summed E-state index contributed by atoms with van der Waals surface area (Å²) >= 11 is 12.0. The Morgan fingerprint density at radius 3 is 2.40 bits per heavy atom. The molecule has 1 aliphatic rings. The molecule has 1 aliphatic heterocycles. The summed E-state index contributed by atoms with van der Waals surface area (Å²) in [6, 6.07) is 12.3. The quantitative estimate of drug-likeness (QED) is 0.717. The second kappa shape index (κ2) is 8.22. The molecule has 0 unspecified atom stereocenters. The van der Waals surface area contributed by atoms with Gasteiger partial charge in [-0.05, 0) is 42.7 Å². The van der Waals surface area contributed by atoms with Gasteiger partial charge in [0, 0.05) is 32.7 Å². The number of halogens is 2. The molecule has 3 rings (SSSR count). The fraction of sp³-hybridized carbons (Fsp3) is 0.350. The summed E-state index contributed by atoms with van der Waals surface area (Å²) in [5, 5.41) is 7.81. The lowest BCUT2D eigenvalue weighted by Gasteiger charge is -2.33. The van der Waals surface area contributed by atoms with Gasteiger partial charge in [0.15, 0.2) is 0 Å². The molecule has 0 saturated carbocycles. The summed E-state index contributed by atoms with van der Waals surface area (Å²) in [5.74, 6) is 0. The first-order valence-corrected chi connectivity index (χ1v) is 9.29. The number of nitrogens with zero attached hydrogens (tertiary/aromatic N) is 3. The van der Waals surface area contributed by atoms with Gasteiger partial charge in [-0.15, -0.1) is 0 Å². The molecule has 1 saturated heterocycles. The van der Waals surface area contributed by atoms with Gasteiger partial charge < -0.3 is 0 Å². The molecule has 0 aliphatic carbocycles. The number of hydrogen-bond acceptors (Lipinski definition) is 3. The summed E-state index contributed by atoms with van der Waals surface area (Å²) in [6.07, 6.45) is 1.85. The van der Waals surface area contributed by atoms with E-state index < -0.39 is 0 Å². The van der Waals surface area contributed by atoms with Gasteiger partial charge in [0.05, 0.1) is 16.3 Å². The van der Waals surface area contributed by atoms with Crippen molar-refractivity contribution >= 4 is 29.4 Å².